The molecule has 2 aromatic rings. The van der Waals surface area contributed by atoms with Crippen molar-refractivity contribution in [2.75, 3.05) is 20.1 Å². The SMILES string of the molecule is C[C@@H](CCc1ccccc1F)NC[C@@H]1CCN(C)[C@H]1c1cccnc1. The van der Waals surface area contributed by atoms with E-state index in [-0.39, 0.29) is 5.82 Å². The van der Waals surface area contributed by atoms with Crippen LogP contribution in [-0.4, -0.2) is 36.1 Å². The molecular weight excluding hydrogens is 313 g/mol. The summed E-state index contributed by atoms with van der Waals surface area (Å²) in [6, 6.07) is 12.1. The Hall–Kier alpha value is -1.78. The van der Waals surface area contributed by atoms with Gasteiger partial charge >= 0.3 is 0 Å². The van der Waals surface area contributed by atoms with Gasteiger partial charge in [-0.05, 0) is 69.0 Å². The molecular formula is C21H28FN3. The highest BCUT2D eigenvalue weighted by atomic mass is 19.1. The van der Waals surface area contributed by atoms with Crippen LogP contribution in [0.1, 0.15) is 36.9 Å². The quantitative estimate of drug-likeness (QED) is 0.830. The van der Waals surface area contributed by atoms with Crippen LogP contribution in [0.3, 0.4) is 0 Å². The third-order valence-electron chi connectivity index (χ3n) is 5.33. The summed E-state index contributed by atoms with van der Waals surface area (Å²) >= 11 is 0. The topological polar surface area (TPSA) is 28.2 Å². The number of nitrogens with zero attached hydrogens (tertiary/aromatic N) is 2. The number of halogens is 1. The molecule has 1 aromatic heterocycles. The van der Waals surface area contributed by atoms with Gasteiger partial charge in [-0.1, -0.05) is 24.3 Å². The van der Waals surface area contributed by atoms with Crippen LogP contribution in [0.2, 0.25) is 0 Å². The number of rotatable bonds is 7. The molecule has 0 unspecified atom stereocenters. The molecule has 3 nitrogen and oxygen atoms in total. The number of benzene rings is 1. The lowest BCUT2D eigenvalue weighted by molar-refractivity contribution is 0.267. The highest BCUT2D eigenvalue weighted by molar-refractivity contribution is 5.18. The molecule has 3 rings (SSSR count). The Morgan fingerprint density at radius 3 is 2.88 bits per heavy atom. The summed E-state index contributed by atoms with van der Waals surface area (Å²) in [6.45, 7) is 4.30. The maximum Gasteiger partial charge on any atom is 0.126 e. The molecule has 0 radical (unpaired) electrons. The first-order valence-electron chi connectivity index (χ1n) is 9.22. The first-order valence-corrected chi connectivity index (χ1v) is 9.22. The van der Waals surface area contributed by atoms with E-state index in [0.29, 0.717) is 18.0 Å². The lowest BCUT2D eigenvalue weighted by atomic mass is 9.94. The molecule has 3 atom stereocenters. The second-order valence-electron chi connectivity index (χ2n) is 7.20. The van der Waals surface area contributed by atoms with Gasteiger partial charge in [0.2, 0.25) is 0 Å². The Labute approximate surface area is 150 Å². The lowest BCUT2D eigenvalue weighted by Crippen LogP contribution is -2.34. The van der Waals surface area contributed by atoms with Crippen LogP contribution in [-0.2, 0) is 6.42 Å². The summed E-state index contributed by atoms with van der Waals surface area (Å²) in [5.41, 5.74) is 2.11. The zero-order chi connectivity index (χ0) is 17.6. The fraction of sp³-hybridized carbons (Fsp3) is 0.476. The summed E-state index contributed by atoms with van der Waals surface area (Å²) in [5, 5.41) is 3.67. The van der Waals surface area contributed by atoms with Gasteiger partial charge in [-0.15, -0.1) is 0 Å². The minimum absolute atomic E-state index is 0.0937. The van der Waals surface area contributed by atoms with Crippen molar-refractivity contribution in [2.45, 2.75) is 38.3 Å². The first kappa shape index (κ1) is 18.0. The zero-order valence-electron chi connectivity index (χ0n) is 15.2. The Morgan fingerprint density at radius 2 is 2.12 bits per heavy atom. The number of nitrogens with one attached hydrogen (secondary N) is 1. The summed E-state index contributed by atoms with van der Waals surface area (Å²) in [4.78, 5) is 6.71. The van der Waals surface area contributed by atoms with E-state index in [0.717, 1.165) is 31.5 Å². The molecule has 1 aromatic carbocycles. The van der Waals surface area contributed by atoms with E-state index in [9.17, 15) is 4.39 Å². The molecule has 0 aliphatic carbocycles. The van der Waals surface area contributed by atoms with E-state index in [1.165, 1.54) is 12.0 Å². The van der Waals surface area contributed by atoms with E-state index in [2.05, 4.69) is 35.2 Å². The Morgan fingerprint density at radius 1 is 1.28 bits per heavy atom. The van der Waals surface area contributed by atoms with Crippen LogP contribution in [0.15, 0.2) is 48.8 Å². The number of hydrogen-bond donors (Lipinski definition) is 1. The van der Waals surface area contributed by atoms with E-state index in [4.69, 9.17) is 0 Å². The molecule has 0 bridgehead atoms. The van der Waals surface area contributed by atoms with Gasteiger partial charge < -0.3 is 5.32 Å². The van der Waals surface area contributed by atoms with Crippen molar-refractivity contribution >= 4 is 0 Å². The minimum atomic E-state index is -0.0937. The van der Waals surface area contributed by atoms with Crippen LogP contribution >= 0.6 is 0 Å². The molecule has 1 aliphatic rings. The van der Waals surface area contributed by atoms with Crippen molar-refractivity contribution in [3.63, 3.8) is 0 Å². The fourth-order valence-corrected chi connectivity index (χ4v) is 3.85. The number of likely N-dealkylation sites (tertiary alicyclic amines) is 1. The second-order valence-corrected chi connectivity index (χ2v) is 7.20. The highest BCUT2D eigenvalue weighted by Gasteiger charge is 2.32. The predicted molar refractivity (Wildman–Crippen MR) is 99.9 cm³/mol. The van der Waals surface area contributed by atoms with Gasteiger partial charge in [0.1, 0.15) is 5.82 Å². The lowest BCUT2D eigenvalue weighted by Gasteiger charge is -2.26. The van der Waals surface area contributed by atoms with Crippen LogP contribution in [0.25, 0.3) is 0 Å². The van der Waals surface area contributed by atoms with E-state index >= 15 is 0 Å². The Kier molecular flexibility index (Phi) is 6.16. The number of hydrogen-bond acceptors (Lipinski definition) is 3. The Bertz CT molecular complexity index is 661. The second kappa shape index (κ2) is 8.54. The number of aromatic nitrogens is 1. The van der Waals surface area contributed by atoms with Crippen LogP contribution < -0.4 is 5.32 Å². The van der Waals surface area contributed by atoms with Crippen LogP contribution in [0.5, 0.6) is 0 Å². The summed E-state index contributed by atoms with van der Waals surface area (Å²) in [7, 11) is 2.19. The highest BCUT2D eigenvalue weighted by Crippen LogP contribution is 2.35. The van der Waals surface area contributed by atoms with Crippen molar-refractivity contribution in [1.82, 2.24) is 15.2 Å². The van der Waals surface area contributed by atoms with Gasteiger partial charge in [0.25, 0.3) is 0 Å². The molecule has 0 saturated carbocycles. The van der Waals surface area contributed by atoms with Gasteiger partial charge in [-0.2, -0.15) is 0 Å². The van der Waals surface area contributed by atoms with Gasteiger partial charge in [-0.3, -0.25) is 9.88 Å². The summed E-state index contributed by atoms with van der Waals surface area (Å²) < 4.78 is 13.7. The molecule has 1 fully saturated rings. The minimum Gasteiger partial charge on any atom is -0.314 e. The van der Waals surface area contributed by atoms with Crippen LogP contribution in [0, 0.1) is 11.7 Å². The van der Waals surface area contributed by atoms with Gasteiger partial charge in [0.15, 0.2) is 0 Å². The normalized spacial score (nSPS) is 22.2. The van der Waals surface area contributed by atoms with Crippen molar-refractivity contribution in [3.8, 4) is 0 Å². The maximum absolute atomic E-state index is 13.7. The third-order valence-corrected chi connectivity index (χ3v) is 5.33. The van der Waals surface area contributed by atoms with Crippen molar-refractivity contribution < 1.29 is 4.39 Å². The first-order chi connectivity index (χ1) is 12.1. The maximum atomic E-state index is 13.7. The fourth-order valence-electron chi connectivity index (χ4n) is 3.85. The van der Waals surface area contributed by atoms with Gasteiger partial charge in [-0.25, -0.2) is 4.39 Å². The monoisotopic (exact) mass is 341 g/mol. The molecule has 2 heterocycles. The van der Waals surface area contributed by atoms with Gasteiger partial charge in [0, 0.05) is 31.0 Å². The Balaban J connectivity index is 1.51. The van der Waals surface area contributed by atoms with Crippen molar-refractivity contribution in [1.29, 1.82) is 0 Å². The van der Waals surface area contributed by atoms with E-state index in [1.54, 1.807) is 12.1 Å². The molecule has 1 N–H and O–H groups in total. The summed E-state index contributed by atoms with van der Waals surface area (Å²) in [5.74, 6) is 0.494. The van der Waals surface area contributed by atoms with E-state index < -0.39 is 0 Å². The average Bonchev–Trinajstić information content (AvgIpc) is 3.00. The summed E-state index contributed by atoms with van der Waals surface area (Å²) in [6.07, 6.45) is 6.74. The van der Waals surface area contributed by atoms with E-state index in [1.807, 2.05) is 30.6 Å². The standard InChI is InChI=1S/C21H28FN3/c1-16(9-10-17-6-3-4-8-20(17)22)24-15-19-11-13-25(2)21(19)18-7-5-12-23-14-18/h3-8,12,14,16,19,21,24H,9-11,13,15H2,1-2H3/t16-,19-,21-/m0/s1. The molecule has 1 aliphatic heterocycles. The molecule has 0 spiro atoms. The van der Waals surface area contributed by atoms with Crippen LogP contribution in [0.4, 0.5) is 4.39 Å². The van der Waals surface area contributed by atoms with Crippen molar-refractivity contribution in [3.05, 3.63) is 65.7 Å². The number of aryl methyl sites for hydroxylation is 1. The predicted octanol–water partition coefficient (Wildman–Crippen LogP) is 3.82. The van der Waals surface area contributed by atoms with Gasteiger partial charge in [0.05, 0.1) is 0 Å². The zero-order valence-corrected chi connectivity index (χ0v) is 15.2. The molecule has 1 saturated heterocycles. The molecule has 4 heteroatoms. The number of pyridine rings is 1. The molecule has 0 amide bonds. The largest absolute Gasteiger partial charge is 0.314 e. The molecule has 134 valence electrons. The van der Waals surface area contributed by atoms with Crippen molar-refractivity contribution in [2.24, 2.45) is 5.92 Å². The molecule has 25 heavy (non-hydrogen) atoms. The smallest absolute Gasteiger partial charge is 0.126 e. The third kappa shape index (κ3) is 4.65. The average molecular weight is 341 g/mol.